The zero-order chi connectivity index (χ0) is 19.9. The number of guanidine groups is 1. The number of nitrogens with one attached hydrogen (secondary N) is 2. The van der Waals surface area contributed by atoms with E-state index in [0.717, 1.165) is 31.6 Å². The van der Waals surface area contributed by atoms with E-state index in [1.165, 1.54) is 5.56 Å². The molecule has 3 atom stereocenters. The van der Waals surface area contributed by atoms with Crippen molar-refractivity contribution in [1.29, 1.82) is 0 Å². The molecule has 28 heavy (non-hydrogen) atoms. The molecule has 1 aliphatic heterocycles. The van der Waals surface area contributed by atoms with Gasteiger partial charge in [0, 0.05) is 26.1 Å². The van der Waals surface area contributed by atoms with E-state index >= 15 is 0 Å². The lowest BCUT2D eigenvalue weighted by Gasteiger charge is -2.33. The summed E-state index contributed by atoms with van der Waals surface area (Å²) in [6.45, 7) is 5.35. The van der Waals surface area contributed by atoms with Gasteiger partial charge in [-0.3, -0.25) is 4.99 Å². The number of aliphatic imine (C=N–C) groups is 1. The summed E-state index contributed by atoms with van der Waals surface area (Å²) in [5.74, 6) is 0.909. The largest absolute Gasteiger partial charge is 0.373 e. The molecule has 0 aliphatic carbocycles. The van der Waals surface area contributed by atoms with Gasteiger partial charge in [-0.05, 0) is 49.4 Å². The Morgan fingerprint density at radius 3 is 2.75 bits per heavy atom. The second-order valence-electron chi connectivity index (χ2n) is 7.43. The fourth-order valence-electron chi connectivity index (χ4n) is 3.65. The van der Waals surface area contributed by atoms with E-state index in [1.54, 1.807) is 20.0 Å². The zero-order valence-corrected chi connectivity index (χ0v) is 16.9. The highest BCUT2D eigenvalue weighted by molar-refractivity contribution is 5.80. The normalized spacial score (nSPS) is 21.2. The van der Waals surface area contributed by atoms with E-state index in [4.69, 9.17) is 4.74 Å². The molecule has 0 spiro atoms. The Morgan fingerprint density at radius 2 is 2.04 bits per heavy atom. The lowest BCUT2D eigenvalue weighted by Crippen LogP contribution is -2.42. The molecule has 0 bridgehead atoms. The quantitative estimate of drug-likeness (QED) is 0.589. The zero-order valence-electron chi connectivity index (χ0n) is 16.9. The Kier molecular flexibility index (Phi) is 7.04. The van der Waals surface area contributed by atoms with E-state index in [2.05, 4.69) is 39.9 Å². The van der Waals surface area contributed by atoms with Crippen LogP contribution in [0.4, 0.5) is 4.39 Å². The minimum absolute atomic E-state index is 0.0474. The van der Waals surface area contributed by atoms with Crippen LogP contribution in [0.25, 0.3) is 0 Å². The van der Waals surface area contributed by atoms with Crippen LogP contribution < -0.4 is 10.6 Å². The number of benzene rings is 2. The molecule has 2 aromatic rings. The fourth-order valence-corrected chi connectivity index (χ4v) is 3.65. The number of hydrogen-bond donors (Lipinski definition) is 2. The molecule has 2 N–H and O–H groups in total. The van der Waals surface area contributed by atoms with Crippen LogP contribution in [0.2, 0.25) is 0 Å². The third-order valence-corrected chi connectivity index (χ3v) is 5.38. The maximum absolute atomic E-state index is 13.9. The maximum atomic E-state index is 13.9. The van der Waals surface area contributed by atoms with Crippen molar-refractivity contribution in [3.05, 3.63) is 71.0 Å². The Labute approximate surface area is 167 Å². The molecule has 0 amide bonds. The van der Waals surface area contributed by atoms with Crippen molar-refractivity contribution in [1.82, 2.24) is 10.6 Å². The van der Waals surface area contributed by atoms with Gasteiger partial charge in [-0.15, -0.1) is 0 Å². The molecule has 150 valence electrons. The first-order valence-electron chi connectivity index (χ1n) is 9.98. The smallest absolute Gasteiger partial charge is 0.191 e. The summed E-state index contributed by atoms with van der Waals surface area (Å²) in [6, 6.07) is 15.7. The van der Waals surface area contributed by atoms with E-state index in [-0.39, 0.29) is 18.0 Å². The van der Waals surface area contributed by atoms with Crippen LogP contribution in [-0.4, -0.2) is 26.2 Å². The Bertz CT molecular complexity index is 794. The summed E-state index contributed by atoms with van der Waals surface area (Å²) in [6.07, 6.45) is 2.28. The molecule has 0 saturated carbocycles. The average Bonchev–Trinajstić information content (AvgIpc) is 2.73. The number of aryl methyl sites for hydroxylation is 1. The summed E-state index contributed by atoms with van der Waals surface area (Å²) >= 11 is 0. The molecular formula is C23H30FN3O. The summed E-state index contributed by atoms with van der Waals surface area (Å²) in [4.78, 5) is 4.34. The van der Waals surface area contributed by atoms with Crippen LogP contribution in [0.5, 0.6) is 0 Å². The first kappa shape index (κ1) is 20.3. The van der Waals surface area contributed by atoms with Crippen molar-refractivity contribution in [2.24, 2.45) is 10.9 Å². The summed E-state index contributed by atoms with van der Waals surface area (Å²) in [5, 5.41) is 6.79. The number of rotatable bonds is 5. The number of hydrogen-bond acceptors (Lipinski definition) is 2. The SMILES string of the molecule is CN=C(NCC1CCCOC1c1ccccc1)NC(C)c1ccc(C)c(F)c1. The number of ether oxygens (including phenoxy) is 1. The van der Waals surface area contributed by atoms with Crippen molar-refractivity contribution < 1.29 is 9.13 Å². The molecule has 3 rings (SSSR count). The second kappa shape index (κ2) is 9.69. The predicted octanol–water partition coefficient (Wildman–Crippen LogP) is 4.53. The van der Waals surface area contributed by atoms with Crippen molar-refractivity contribution in [2.45, 2.75) is 38.8 Å². The van der Waals surface area contributed by atoms with Gasteiger partial charge in [0.05, 0.1) is 12.1 Å². The first-order chi connectivity index (χ1) is 13.6. The fraction of sp³-hybridized carbons (Fsp3) is 0.435. The van der Waals surface area contributed by atoms with E-state index in [9.17, 15) is 4.39 Å². The first-order valence-corrected chi connectivity index (χ1v) is 9.98. The number of halogens is 1. The summed E-state index contributed by atoms with van der Waals surface area (Å²) in [7, 11) is 1.75. The molecule has 5 heteroatoms. The Balaban J connectivity index is 1.60. The van der Waals surface area contributed by atoms with Crippen LogP contribution in [0.3, 0.4) is 0 Å². The highest BCUT2D eigenvalue weighted by Crippen LogP contribution is 2.33. The van der Waals surface area contributed by atoms with E-state index < -0.39 is 0 Å². The highest BCUT2D eigenvalue weighted by atomic mass is 19.1. The molecule has 1 aliphatic rings. The highest BCUT2D eigenvalue weighted by Gasteiger charge is 2.27. The molecule has 0 aromatic heterocycles. The Hall–Kier alpha value is -2.40. The predicted molar refractivity (Wildman–Crippen MR) is 112 cm³/mol. The third kappa shape index (κ3) is 5.10. The third-order valence-electron chi connectivity index (χ3n) is 5.38. The minimum Gasteiger partial charge on any atom is -0.373 e. The minimum atomic E-state index is -0.181. The van der Waals surface area contributed by atoms with Gasteiger partial charge in [0.15, 0.2) is 5.96 Å². The van der Waals surface area contributed by atoms with Crippen LogP contribution in [0.15, 0.2) is 53.5 Å². The topological polar surface area (TPSA) is 45.7 Å². The molecule has 4 nitrogen and oxygen atoms in total. The monoisotopic (exact) mass is 383 g/mol. The van der Waals surface area contributed by atoms with E-state index in [0.29, 0.717) is 17.4 Å². The van der Waals surface area contributed by atoms with Crippen LogP contribution in [-0.2, 0) is 4.74 Å². The maximum Gasteiger partial charge on any atom is 0.191 e. The molecule has 1 fully saturated rings. The molecule has 3 unspecified atom stereocenters. The van der Waals surface area contributed by atoms with Crippen molar-refractivity contribution >= 4 is 5.96 Å². The van der Waals surface area contributed by atoms with Gasteiger partial charge in [0.2, 0.25) is 0 Å². The Morgan fingerprint density at radius 1 is 1.25 bits per heavy atom. The molecule has 0 radical (unpaired) electrons. The van der Waals surface area contributed by atoms with Gasteiger partial charge >= 0.3 is 0 Å². The van der Waals surface area contributed by atoms with Crippen LogP contribution in [0, 0.1) is 18.7 Å². The van der Waals surface area contributed by atoms with Crippen LogP contribution in [0.1, 0.15) is 48.6 Å². The molecular weight excluding hydrogens is 353 g/mol. The average molecular weight is 384 g/mol. The molecule has 2 aromatic carbocycles. The van der Waals surface area contributed by atoms with Gasteiger partial charge in [-0.2, -0.15) is 0 Å². The molecule has 1 saturated heterocycles. The van der Waals surface area contributed by atoms with Gasteiger partial charge in [-0.1, -0.05) is 42.5 Å². The van der Waals surface area contributed by atoms with Gasteiger partial charge in [0.25, 0.3) is 0 Å². The summed E-state index contributed by atoms with van der Waals surface area (Å²) < 4.78 is 19.9. The van der Waals surface area contributed by atoms with Crippen molar-refractivity contribution in [2.75, 3.05) is 20.2 Å². The standard InChI is InChI=1S/C23H30FN3O/c1-16-11-12-19(14-21(16)24)17(2)27-23(25-3)26-15-20-10-7-13-28-22(20)18-8-5-4-6-9-18/h4-6,8-9,11-12,14,17,20,22H,7,10,13,15H2,1-3H3,(H2,25,26,27). The van der Waals surface area contributed by atoms with Crippen molar-refractivity contribution in [3.63, 3.8) is 0 Å². The van der Waals surface area contributed by atoms with E-state index in [1.807, 2.05) is 25.1 Å². The van der Waals surface area contributed by atoms with Crippen LogP contribution >= 0.6 is 0 Å². The summed E-state index contributed by atoms with van der Waals surface area (Å²) in [5.41, 5.74) is 2.78. The van der Waals surface area contributed by atoms with Crippen molar-refractivity contribution in [3.8, 4) is 0 Å². The second-order valence-corrected chi connectivity index (χ2v) is 7.43. The van der Waals surface area contributed by atoms with Gasteiger partial charge < -0.3 is 15.4 Å². The lowest BCUT2D eigenvalue weighted by molar-refractivity contribution is -0.0265. The lowest BCUT2D eigenvalue weighted by atomic mass is 9.89. The van der Waals surface area contributed by atoms with Gasteiger partial charge in [0.1, 0.15) is 5.82 Å². The molecule has 1 heterocycles. The van der Waals surface area contributed by atoms with Gasteiger partial charge in [-0.25, -0.2) is 4.39 Å². The number of nitrogens with zero attached hydrogens (tertiary/aromatic N) is 1.